The van der Waals surface area contributed by atoms with Crippen molar-refractivity contribution in [2.75, 3.05) is 18.4 Å². The molecule has 1 saturated heterocycles. The molecule has 1 heterocycles. The number of ether oxygens (including phenoxy) is 1. The van der Waals surface area contributed by atoms with Gasteiger partial charge in [0, 0.05) is 13.1 Å². The smallest absolute Gasteiger partial charge is 0.408 e. The van der Waals surface area contributed by atoms with Gasteiger partial charge in [-0.3, -0.25) is 4.79 Å². The Bertz CT molecular complexity index is 900. The summed E-state index contributed by atoms with van der Waals surface area (Å²) in [6.45, 7) is 6.17. The van der Waals surface area contributed by atoms with Gasteiger partial charge in [0.05, 0.1) is 23.4 Å². The quantitative estimate of drug-likeness (QED) is 0.592. The monoisotopic (exact) mass is 443 g/mol. The largest absolute Gasteiger partial charge is 0.444 e. The Kier molecular flexibility index (Phi) is 8.83. The van der Waals surface area contributed by atoms with Crippen molar-refractivity contribution >= 4 is 17.7 Å². The van der Waals surface area contributed by atoms with E-state index in [0.717, 1.165) is 6.42 Å². The van der Waals surface area contributed by atoms with E-state index < -0.39 is 29.6 Å². The fourth-order valence-electron chi connectivity index (χ4n) is 3.50. The van der Waals surface area contributed by atoms with Crippen molar-refractivity contribution in [1.29, 1.82) is 10.5 Å². The van der Waals surface area contributed by atoms with E-state index in [-0.39, 0.29) is 11.5 Å². The van der Waals surface area contributed by atoms with E-state index >= 15 is 0 Å². The summed E-state index contributed by atoms with van der Waals surface area (Å²) < 4.78 is 19.2. The summed E-state index contributed by atoms with van der Waals surface area (Å²) in [4.78, 5) is 26.8. The highest BCUT2D eigenvalue weighted by atomic mass is 19.1. The minimum absolute atomic E-state index is 0.250. The van der Waals surface area contributed by atoms with Crippen LogP contribution in [0.1, 0.15) is 58.4 Å². The molecule has 8 nitrogen and oxygen atoms in total. The Morgan fingerprint density at radius 1 is 1.31 bits per heavy atom. The van der Waals surface area contributed by atoms with Gasteiger partial charge in [-0.05, 0) is 71.1 Å². The van der Waals surface area contributed by atoms with Gasteiger partial charge in [0.2, 0.25) is 5.91 Å². The maximum atomic E-state index is 14.0. The molecule has 1 aliphatic rings. The van der Waals surface area contributed by atoms with Gasteiger partial charge < -0.3 is 20.3 Å². The number of nitrogens with one attached hydrogen (secondary N) is 2. The summed E-state index contributed by atoms with van der Waals surface area (Å²) >= 11 is 0. The molecule has 1 aliphatic heterocycles. The molecule has 0 radical (unpaired) electrons. The molecular formula is C23H30FN5O3. The molecule has 0 spiro atoms. The molecule has 0 saturated carbocycles. The highest BCUT2D eigenvalue weighted by molar-refractivity contribution is 5.86. The Hall–Kier alpha value is -3.33. The maximum Gasteiger partial charge on any atom is 0.408 e. The van der Waals surface area contributed by atoms with Crippen molar-refractivity contribution in [3.8, 4) is 12.1 Å². The molecule has 9 heteroatoms. The van der Waals surface area contributed by atoms with Crippen LogP contribution >= 0.6 is 0 Å². The Morgan fingerprint density at radius 2 is 2.06 bits per heavy atom. The number of alkyl carbamates (subject to hydrolysis) is 1. The highest BCUT2D eigenvalue weighted by Crippen LogP contribution is 2.20. The third-order valence-corrected chi connectivity index (χ3v) is 5.01. The normalized spacial score (nSPS) is 16.6. The van der Waals surface area contributed by atoms with Crippen LogP contribution in [-0.4, -0.2) is 47.7 Å². The number of hydrogen-bond acceptors (Lipinski definition) is 6. The van der Waals surface area contributed by atoms with Gasteiger partial charge >= 0.3 is 6.09 Å². The number of benzene rings is 1. The van der Waals surface area contributed by atoms with Gasteiger partial charge in [-0.2, -0.15) is 10.5 Å². The van der Waals surface area contributed by atoms with E-state index in [2.05, 4.69) is 16.7 Å². The van der Waals surface area contributed by atoms with Gasteiger partial charge in [0.1, 0.15) is 23.5 Å². The zero-order chi connectivity index (χ0) is 23.7. The molecule has 0 unspecified atom stereocenters. The second-order valence-corrected chi connectivity index (χ2v) is 8.75. The van der Waals surface area contributed by atoms with Crippen molar-refractivity contribution < 1.29 is 18.7 Å². The number of rotatable bonds is 8. The average molecular weight is 444 g/mol. The number of carbonyl (C=O) groups excluding carboxylic acids is 2. The first kappa shape index (κ1) is 24.9. The molecule has 0 aromatic heterocycles. The Balaban J connectivity index is 1.92. The van der Waals surface area contributed by atoms with E-state index in [1.54, 1.807) is 20.8 Å². The predicted octanol–water partition coefficient (Wildman–Crippen LogP) is 3.69. The first-order valence-electron chi connectivity index (χ1n) is 10.8. The summed E-state index contributed by atoms with van der Waals surface area (Å²) in [7, 11) is 0. The SMILES string of the molecule is CC(C)(C)OC(=O)N[C@@H](CCCCNc1ccc(C#N)cc1F)C(=O)N1CCC[C@H]1C#N. The van der Waals surface area contributed by atoms with Crippen LogP contribution in [0.3, 0.4) is 0 Å². The van der Waals surface area contributed by atoms with Gasteiger partial charge in [-0.25, -0.2) is 9.18 Å². The van der Waals surface area contributed by atoms with Gasteiger partial charge in [0.25, 0.3) is 0 Å². The fraction of sp³-hybridized carbons (Fsp3) is 0.565. The number of carbonyl (C=O) groups is 2. The van der Waals surface area contributed by atoms with Crippen LogP contribution in [0, 0.1) is 28.5 Å². The van der Waals surface area contributed by atoms with Crippen LogP contribution in [0.2, 0.25) is 0 Å². The lowest BCUT2D eigenvalue weighted by Gasteiger charge is -2.27. The third-order valence-electron chi connectivity index (χ3n) is 5.01. The van der Waals surface area contributed by atoms with Gasteiger partial charge in [0.15, 0.2) is 0 Å². The van der Waals surface area contributed by atoms with Gasteiger partial charge in [-0.1, -0.05) is 0 Å². The number of likely N-dealkylation sites (tertiary alicyclic amines) is 1. The zero-order valence-electron chi connectivity index (χ0n) is 18.8. The lowest BCUT2D eigenvalue weighted by molar-refractivity contribution is -0.133. The number of anilines is 1. The van der Waals surface area contributed by atoms with E-state index in [0.29, 0.717) is 44.5 Å². The van der Waals surface area contributed by atoms with Crippen LogP contribution < -0.4 is 10.6 Å². The van der Waals surface area contributed by atoms with Crippen molar-refractivity contribution in [2.45, 2.75) is 70.6 Å². The summed E-state index contributed by atoms with van der Waals surface area (Å²) in [6, 6.07) is 6.97. The molecule has 1 aromatic rings. The molecule has 2 N–H and O–H groups in total. The molecule has 2 amide bonds. The summed E-state index contributed by atoms with van der Waals surface area (Å²) in [5.41, 5.74) is -0.145. The van der Waals surface area contributed by atoms with Crippen LogP contribution in [-0.2, 0) is 9.53 Å². The first-order chi connectivity index (χ1) is 15.1. The van der Waals surface area contributed by atoms with Crippen molar-refractivity contribution in [3.63, 3.8) is 0 Å². The molecule has 2 atom stereocenters. The van der Waals surface area contributed by atoms with Crippen molar-refractivity contribution in [1.82, 2.24) is 10.2 Å². The van der Waals surface area contributed by atoms with E-state index in [1.165, 1.54) is 23.1 Å². The van der Waals surface area contributed by atoms with E-state index in [1.807, 2.05) is 6.07 Å². The maximum absolute atomic E-state index is 14.0. The number of amides is 2. The predicted molar refractivity (Wildman–Crippen MR) is 117 cm³/mol. The standard InChI is InChI=1S/C23H30FN5O3/c1-23(2,3)32-22(31)28-20(21(30)29-12-6-7-17(29)15-26)8-4-5-11-27-19-10-9-16(14-25)13-18(19)24/h9-10,13,17,20,27H,4-8,11-12H2,1-3H3,(H,28,31)/t17-,20-/m0/s1. The Labute approximate surface area is 188 Å². The lowest BCUT2D eigenvalue weighted by atomic mass is 10.1. The van der Waals surface area contributed by atoms with E-state index in [9.17, 15) is 19.2 Å². The summed E-state index contributed by atoms with van der Waals surface area (Å²) in [5.74, 6) is -0.786. The molecule has 1 fully saturated rings. The minimum Gasteiger partial charge on any atom is -0.444 e. The number of hydrogen-bond donors (Lipinski definition) is 2. The van der Waals surface area contributed by atoms with Crippen LogP contribution in [0.5, 0.6) is 0 Å². The van der Waals surface area contributed by atoms with E-state index in [4.69, 9.17) is 10.00 Å². The highest BCUT2D eigenvalue weighted by Gasteiger charge is 2.34. The molecule has 2 rings (SSSR count). The summed E-state index contributed by atoms with van der Waals surface area (Å²) in [6.07, 6.45) is 2.28. The topological polar surface area (TPSA) is 118 Å². The summed E-state index contributed by atoms with van der Waals surface area (Å²) in [5, 5.41) is 23.7. The molecule has 0 bridgehead atoms. The van der Waals surface area contributed by atoms with Crippen molar-refractivity contribution in [3.05, 3.63) is 29.6 Å². The number of nitrogens with zero attached hydrogens (tertiary/aromatic N) is 3. The first-order valence-corrected chi connectivity index (χ1v) is 10.8. The van der Waals surface area contributed by atoms with Gasteiger partial charge in [-0.15, -0.1) is 0 Å². The molecule has 1 aromatic carbocycles. The molecule has 172 valence electrons. The second-order valence-electron chi connectivity index (χ2n) is 8.75. The van der Waals surface area contributed by atoms with Crippen molar-refractivity contribution in [2.24, 2.45) is 0 Å². The number of nitriles is 2. The third kappa shape index (κ3) is 7.42. The Morgan fingerprint density at radius 3 is 2.69 bits per heavy atom. The molecule has 0 aliphatic carbocycles. The number of unbranched alkanes of at least 4 members (excludes halogenated alkanes) is 1. The molecular weight excluding hydrogens is 413 g/mol. The van der Waals surface area contributed by atoms with Crippen LogP contribution in [0.25, 0.3) is 0 Å². The fourth-order valence-corrected chi connectivity index (χ4v) is 3.50. The lowest BCUT2D eigenvalue weighted by Crippen LogP contribution is -2.50. The minimum atomic E-state index is -0.801. The average Bonchev–Trinajstić information content (AvgIpc) is 3.20. The van der Waals surface area contributed by atoms with Crippen LogP contribution in [0.4, 0.5) is 14.9 Å². The van der Waals surface area contributed by atoms with Crippen LogP contribution in [0.15, 0.2) is 18.2 Å². The number of halogens is 1. The zero-order valence-corrected chi connectivity index (χ0v) is 18.8. The second kappa shape index (κ2) is 11.3. The molecule has 32 heavy (non-hydrogen) atoms.